The third-order valence-corrected chi connectivity index (χ3v) is 4.09. The number of benzene rings is 2. The molecule has 1 saturated heterocycles. The molecule has 0 spiro atoms. The molecule has 1 aliphatic heterocycles. The summed E-state index contributed by atoms with van der Waals surface area (Å²) in [5, 5.41) is 3.46. The normalized spacial score (nSPS) is 17.7. The average Bonchev–Trinajstić information content (AvgIpc) is 3.26. The van der Waals surface area contributed by atoms with Crippen LogP contribution in [0.15, 0.2) is 65.1 Å². The van der Waals surface area contributed by atoms with Gasteiger partial charge in [-0.2, -0.15) is 0 Å². The van der Waals surface area contributed by atoms with Crippen LogP contribution in [0, 0.1) is 0 Å². The molecule has 0 amide bonds. The summed E-state index contributed by atoms with van der Waals surface area (Å²) in [6.45, 7) is 1.04. The maximum atomic E-state index is 6.17. The van der Waals surface area contributed by atoms with Gasteiger partial charge in [-0.15, -0.1) is 0 Å². The van der Waals surface area contributed by atoms with Crippen LogP contribution in [0.2, 0.25) is 0 Å². The lowest BCUT2D eigenvalue weighted by Crippen LogP contribution is -2.12. The molecule has 0 unspecified atom stereocenters. The molecule has 1 aliphatic rings. The van der Waals surface area contributed by atoms with Gasteiger partial charge in [-0.3, -0.25) is 0 Å². The fourth-order valence-electron chi connectivity index (χ4n) is 2.96. The Morgan fingerprint density at radius 2 is 1.59 bits per heavy atom. The Morgan fingerprint density at radius 3 is 2.23 bits per heavy atom. The van der Waals surface area contributed by atoms with E-state index in [2.05, 4.69) is 29.6 Å². The number of nitrogens with one attached hydrogen (secondary N) is 1. The third-order valence-electron chi connectivity index (χ3n) is 4.09. The Bertz CT molecular complexity index is 687. The van der Waals surface area contributed by atoms with Crippen LogP contribution >= 0.6 is 0 Å². The summed E-state index contributed by atoms with van der Waals surface area (Å²) in [6.07, 6.45) is 2.26. The highest BCUT2D eigenvalue weighted by molar-refractivity contribution is 5.76. The monoisotopic (exact) mass is 290 g/mol. The van der Waals surface area contributed by atoms with E-state index in [1.54, 1.807) is 0 Å². The molecule has 2 aromatic carbocycles. The van der Waals surface area contributed by atoms with E-state index in [4.69, 9.17) is 9.40 Å². The first-order valence-electron chi connectivity index (χ1n) is 7.77. The number of rotatable bonds is 3. The van der Waals surface area contributed by atoms with E-state index in [0.717, 1.165) is 41.4 Å². The smallest absolute Gasteiger partial charge is 0.212 e. The molecule has 22 heavy (non-hydrogen) atoms. The summed E-state index contributed by atoms with van der Waals surface area (Å²) in [5.41, 5.74) is 3.09. The van der Waals surface area contributed by atoms with Crippen LogP contribution in [-0.2, 0) is 0 Å². The van der Waals surface area contributed by atoms with Crippen LogP contribution in [0.4, 0.5) is 0 Å². The second-order valence-electron chi connectivity index (χ2n) is 5.61. The summed E-state index contributed by atoms with van der Waals surface area (Å²) >= 11 is 0. The zero-order valence-electron chi connectivity index (χ0n) is 12.3. The molecular formula is C19H18N2O. The van der Waals surface area contributed by atoms with Crippen molar-refractivity contribution in [2.24, 2.45) is 0 Å². The van der Waals surface area contributed by atoms with Gasteiger partial charge in [-0.1, -0.05) is 60.7 Å². The molecule has 2 heterocycles. The predicted octanol–water partition coefficient (Wildman–Crippen LogP) is 4.43. The van der Waals surface area contributed by atoms with E-state index in [-0.39, 0.29) is 6.04 Å². The van der Waals surface area contributed by atoms with E-state index in [0.29, 0.717) is 0 Å². The van der Waals surface area contributed by atoms with Gasteiger partial charge in [0, 0.05) is 11.1 Å². The van der Waals surface area contributed by atoms with E-state index < -0.39 is 0 Å². The SMILES string of the molecule is c1ccc(-c2nc([C@@H]3CCCN3)oc2-c2ccccc2)cc1. The molecule has 0 saturated carbocycles. The van der Waals surface area contributed by atoms with Gasteiger partial charge >= 0.3 is 0 Å². The van der Waals surface area contributed by atoms with Crippen molar-refractivity contribution in [3.63, 3.8) is 0 Å². The maximum Gasteiger partial charge on any atom is 0.212 e. The largest absolute Gasteiger partial charge is 0.438 e. The maximum absolute atomic E-state index is 6.17. The van der Waals surface area contributed by atoms with Crippen LogP contribution < -0.4 is 5.32 Å². The van der Waals surface area contributed by atoms with Crippen molar-refractivity contribution in [3.05, 3.63) is 66.6 Å². The van der Waals surface area contributed by atoms with Crippen molar-refractivity contribution in [2.75, 3.05) is 6.54 Å². The summed E-state index contributed by atoms with van der Waals surface area (Å²) < 4.78 is 6.17. The molecule has 0 radical (unpaired) electrons. The number of oxazole rings is 1. The molecule has 1 atom stereocenters. The van der Waals surface area contributed by atoms with Gasteiger partial charge in [0.05, 0.1) is 6.04 Å². The van der Waals surface area contributed by atoms with Crippen LogP contribution in [-0.4, -0.2) is 11.5 Å². The number of aromatic nitrogens is 1. The highest BCUT2D eigenvalue weighted by Gasteiger charge is 2.24. The van der Waals surface area contributed by atoms with E-state index in [9.17, 15) is 0 Å². The van der Waals surface area contributed by atoms with Crippen molar-refractivity contribution in [3.8, 4) is 22.6 Å². The Kier molecular flexibility index (Phi) is 3.49. The van der Waals surface area contributed by atoms with Gasteiger partial charge < -0.3 is 9.73 Å². The van der Waals surface area contributed by atoms with Crippen molar-refractivity contribution < 1.29 is 4.42 Å². The summed E-state index contributed by atoms with van der Waals surface area (Å²) in [7, 11) is 0. The Labute approximate surface area is 130 Å². The molecule has 1 N–H and O–H groups in total. The molecular weight excluding hydrogens is 272 g/mol. The van der Waals surface area contributed by atoms with Crippen molar-refractivity contribution in [1.29, 1.82) is 0 Å². The summed E-state index contributed by atoms with van der Waals surface area (Å²) in [4.78, 5) is 4.81. The minimum atomic E-state index is 0.236. The van der Waals surface area contributed by atoms with E-state index >= 15 is 0 Å². The Hall–Kier alpha value is -2.39. The van der Waals surface area contributed by atoms with E-state index in [1.165, 1.54) is 6.42 Å². The molecule has 0 aliphatic carbocycles. The van der Waals surface area contributed by atoms with Gasteiger partial charge in [-0.25, -0.2) is 4.98 Å². The second kappa shape index (κ2) is 5.78. The molecule has 3 nitrogen and oxygen atoms in total. The first kappa shape index (κ1) is 13.3. The fraction of sp³-hybridized carbons (Fsp3) is 0.211. The van der Waals surface area contributed by atoms with Gasteiger partial charge in [0.1, 0.15) is 5.69 Å². The van der Waals surface area contributed by atoms with Gasteiger partial charge in [0.25, 0.3) is 0 Å². The first-order valence-corrected chi connectivity index (χ1v) is 7.77. The highest BCUT2D eigenvalue weighted by Crippen LogP contribution is 2.35. The first-order chi connectivity index (χ1) is 10.9. The van der Waals surface area contributed by atoms with Crippen LogP contribution in [0.1, 0.15) is 24.8 Å². The molecule has 4 rings (SSSR count). The van der Waals surface area contributed by atoms with Gasteiger partial charge in [0.2, 0.25) is 5.89 Å². The van der Waals surface area contributed by atoms with Crippen molar-refractivity contribution >= 4 is 0 Å². The lowest BCUT2D eigenvalue weighted by atomic mass is 10.1. The van der Waals surface area contributed by atoms with Gasteiger partial charge in [0.15, 0.2) is 5.76 Å². The molecule has 1 aromatic heterocycles. The zero-order valence-corrected chi connectivity index (χ0v) is 12.3. The minimum Gasteiger partial charge on any atom is -0.438 e. The van der Waals surface area contributed by atoms with E-state index in [1.807, 2.05) is 36.4 Å². The molecule has 1 fully saturated rings. The quantitative estimate of drug-likeness (QED) is 0.775. The lowest BCUT2D eigenvalue weighted by Gasteiger charge is -2.03. The van der Waals surface area contributed by atoms with Crippen molar-refractivity contribution in [1.82, 2.24) is 10.3 Å². The second-order valence-corrected chi connectivity index (χ2v) is 5.61. The van der Waals surface area contributed by atoms with Crippen LogP contribution in [0.5, 0.6) is 0 Å². The van der Waals surface area contributed by atoms with Crippen LogP contribution in [0.3, 0.4) is 0 Å². The summed E-state index contributed by atoms with van der Waals surface area (Å²) in [5.74, 6) is 1.66. The third kappa shape index (κ3) is 2.44. The van der Waals surface area contributed by atoms with Gasteiger partial charge in [-0.05, 0) is 19.4 Å². The topological polar surface area (TPSA) is 38.1 Å². The zero-order chi connectivity index (χ0) is 14.8. The minimum absolute atomic E-state index is 0.236. The Balaban J connectivity index is 1.84. The number of hydrogen-bond donors (Lipinski definition) is 1. The molecule has 0 bridgehead atoms. The molecule has 3 heteroatoms. The summed E-state index contributed by atoms with van der Waals surface area (Å²) in [6, 6.07) is 20.7. The molecule has 110 valence electrons. The van der Waals surface area contributed by atoms with Crippen molar-refractivity contribution in [2.45, 2.75) is 18.9 Å². The Morgan fingerprint density at radius 1 is 0.909 bits per heavy atom. The van der Waals surface area contributed by atoms with Crippen LogP contribution in [0.25, 0.3) is 22.6 Å². The number of nitrogens with zero attached hydrogens (tertiary/aromatic N) is 1. The number of hydrogen-bond acceptors (Lipinski definition) is 3. The fourth-order valence-corrected chi connectivity index (χ4v) is 2.96. The molecule has 3 aromatic rings. The average molecular weight is 290 g/mol. The standard InChI is InChI=1S/C19H18N2O/c1-3-8-14(9-4-1)17-18(15-10-5-2-6-11-15)22-19(21-17)16-12-7-13-20-16/h1-6,8-11,16,20H,7,12-13H2/t16-/m0/s1. The highest BCUT2D eigenvalue weighted by atomic mass is 16.4. The lowest BCUT2D eigenvalue weighted by molar-refractivity contribution is 0.437. The predicted molar refractivity (Wildman–Crippen MR) is 87.4 cm³/mol.